The normalized spacial score (nSPS) is 11.2. The van der Waals surface area contributed by atoms with Crippen molar-refractivity contribution in [1.29, 1.82) is 0 Å². The summed E-state index contributed by atoms with van der Waals surface area (Å²) < 4.78 is 5.07. The molecular formula is C13H18O2S. The first-order chi connectivity index (χ1) is 7.52. The lowest BCUT2D eigenvalue weighted by Gasteiger charge is -2.22. The molecule has 3 heteroatoms. The second kappa shape index (κ2) is 5.39. The highest BCUT2D eigenvalue weighted by molar-refractivity contribution is 7.98. The van der Waals surface area contributed by atoms with Gasteiger partial charge in [0, 0.05) is 4.90 Å². The Morgan fingerprint density at radius 3 is 2.31 bits per heavy atom. The van der Waals surface area contributed by atoms with Crippen molar-refractivity contribution in [3.63, 3.8) is 0 Å². The first kappa shape index (κ1) is 13.1. The van der Waals surface area contributed by atoms with Crippen LogP contribution in [0.25, 0.3) is 0 Å². The molecule has 0 aliphatic heterocycles. The summed E-state index contributed by atoms with van der Waals surface area (Å²) in [4.78, 5) is 13.0. The highest BCUT2D eigenvalue weighted by Gasteiger charge is 2.31. The van der Waals surface area contributed by atoms with Gasteiger partial charge in [0.05, 0.1) is 12.0 Å². The van der Waals surface area contributed by atoms with Gasteiger partial charge in [0.25, 0.3) is 0 Å². The van der Waals surface area contributed by atoms with Crippen molar-refractivity contribution < 1.29 is 9.53 Å². The molecule has 0 saturated carbocycles. The van der Waals surface area contributed by atoms with Crippen LogP contribution >= 0.6 is 11.8 Å². The molecule has 0 aromatic heterocycles. The average Bonchev–Trinajstić information content (AvgIpc) is 2.29. The third-order valence-electron chi connectivity index (χ3n) is 2.60. The van der Waals surface area contributed by atoms with Gasteiger partial charge in [-0.3, -0.25) is 4.79 Å². The van der Waals surface area contributed by atoms with Crippen molar-refractivity contribution in [3.05, 3.63) is 29.8 Å². The zero-order valence-electron chi connectivity index (χ0n) is 10.2. The first-order valence-corrected chi connectivity index (χ1v) is 6.56. The van der Waals surface area contributed by atoms with Gasteiger partial charge in [-0.15, -0.1) is 11.8 Å². The molecule has 0 radical (unpaired) electrons. The number of thioether (sulfide) groups is 1. The molecule has 0 aliphatic rings. The maximum Gasteiger partial charge on any atom is 0.315 e. The number of esters is 1. The zero-order chi connectivity index (χ0) is 12.2. The number of rotatable bonds is 4. The predicted octanol–water partition coefficient (Wildman–Crippen LogP) is 3.25. The van der Waals surface area contributed by atoms with E-state index >= 15 is 0 Å². The van der Waals surface area contributed by atoms with Crippen LogP contribution in [0.3, 0.4) is 0 Å². The fourth-order valence-electron chi connectivity index (χ4n) is 1.44. The van der Waals surface area contributed by atoms with Crippen molar-refractivity contribution >= 4 is 17.7 Å². The molecule has 0 atom stereocenters. The molecule has 1 aromatic rings. The minimum absolute atomic E-state index is 0.174. The number of benzene rings is 1. The number of ether oxygens (including phenoxy) is 1. The molecule has 88 valence electrons. The average molecular weight is 238 g/mol. The van der Waals surface area contributed by atoms with E-state index in [4.69, 9.17) is 4.74 Å². The fraction of sp³-hybridized carbons (Fsp3) is 0.462. The summed E-state index contributed by atoms with van der Waals surface area (Å²) in [5, 5.41) is 0. The number of carbonyl (C=O) groups excluding carboxylic acids is 1. The maximum atomic E-state index is 11.8. The van der Waals surface area contributed by atoms with Gasteiger partial charge in [-0.1, -0.05) is 12.1 Å². The third kappa shape index (κ3) is 2.79. The Labute approximate surface area is 101 Å². The predicted molar refractivity (Wildman–Crippen MR) is 67.9 cm³/mol. The molecule has 2 nitrogen and oxygen atoms in total. The number of hydrogen-bond donors (Lipinski definition) is 0. The lowest BCUT2D eigenvalue weighted by Crippen LogP contribution is -2.31. The van der Waals surface area contributed by atoms with E-state index in [1.807, 2.05) is 51.3 Å². The van der Waals surface area contributed by atoms with Crippen LogP contribution in [-0.2, 0) is 14.9 Å². The summed E-state index contributed by atoms with van der Waals surface area (Å²) in [6.45, 7) is 6.02. The van der Waals surface area contributed by atoms with Crippen LogP contribution in [-0.4, -0.2) is 18.8 Å². The van der Waals surface area contributed by atoms with Gasteiger partial charge in [-0.2, -0.15) is 0 Å². The molecule has 0 saturated heterocycles. The summed E-state index contributed by atoms with van der Waals surface area (Å²) in [5.74, 6) is -0.174. The van der Waals surface area contributed by atoms with Crippen LogP contribution in [0.5, 0.6) is 0 Å². The quantitative estimate of drug-likeness (QED) is 0.595. The van der Waals surface area contributed by atoms with Crippen molar-refractivity contribution in [2.75, 3.05) is 12.9 Å². The van der Waals surface area contributed by atoms with E-state index in [1.54, 1.807) is 11.8 Å². The Bertz CT molecular complexity index is 355. The van der Waals surface area contributed by atoms with E-state index in [2.05, 4.69) is 0 Å². The van der Waals surface area contributed by atoms with Gasteiger partial charge in [0.1, 0.15) is 0 Å². The monoisotopic (exact) mass is 238 g/mol. The maximum absolute atomic E-state index is 11.8. The molecule has 0 aliphatic carbocycles. The topological polar surface area (TPSA) is 26.3 Å². The molecule has 0 bridgehead atoms. The van der Waals surface area contributed by atoms with Crippen molar-refractivity contribution in [2.24, 2.45) is 0 Å². The van der Waals surface area contributed by atoms with Gasteiger partial charge in [0.2, 0.25) is 0 Å². The van der Waals surface area contributed by atoms with Gasteiger partial charge in [0.15, 0.2) is 0 Å². The van der Waals surface area contributed by atoms with Crippen LogP contribution in [0.1, 0.15) is 26.3 Å². The molecule has 0 N–H and O–H groups in total. The highest BCUT2D eigenvalue weighted by atomic mass is 32.2. The van der Waals surface area contributed by atoms with Crippen molar-refractivity contribution in [3.8, 4) is 0 Å². The molecule has 0 amide bonds. The van der Waals surface area contributed by atoms with Crippen LogP contribution in [0.4, 0.5) is 0 Å². The molecule has 0 heterocycles. The second-order valence-electron chi connectivity index (χ2n) is 4.07. The molecule has 0 fully saturated rings. The molecule has 16 heavy (non-hydrogen) atoms. The van der Waals surface area contributed by atoms with Crippen molar-refractivity contribution in [2.45, 2.75) is 31.1 Å². The van der Waals surface area contributed by atoms with Gasteiger partial charge in [-0.25, -0.2) is 0 Å². The summed E-state index contributed by atoms with van der Waals surface area (Å²) in [7, 11) is 0. The lowest BCUT2D eigenvalue weighted by molar-refractivity contribution is -0.148. The van der Waals surface area contributed by atoms with Gasteiger partial charge in [-0.05, 0) is 44.7 Å². The Balaban J connectivity index is 2.93. The molecular weight excluding hydrogens is 220 g/mol. The van der Waals surface area contributed by atoms with Crippen LogP contribution in [0.2, 0.25) is 0 Å². The highest BCUT2D eigenvalue weighted by Crippen LogP contribution is 2.26. The smallest absolute Gasteiger partial charge is 0.315 e. The van der Waals surface area contributed by atoms with Crippen LogP contribution in [0.15, 0.2) is 29.2 Å². The van der Waals surface area contributed by atoms with E-state index in [1.165, 1.54) is 4.90 Å². The minimum atomic E-state index is -0.576. The van der Waals surface area contributed by atoms with Crippen molar-refractivity contribution in [1.82, 2.24) is 0 Å². The van der Waals surface area contributed by atoms with E-state index in [0.717, 1.165) is 5.56 Å². The van der Waals surface area contributed by atoms with Gasteiger partial charge >= 0.3 is 5.97 Å². The van der Waals surface area contributed by atoms with Crippen LogP contribution < -0.4 is 0 Å². The fourth-order valence-corrected chi connectivity index (χ4v) is 1.85. The second-order valence-corrected chi connectivity index (χ2v) is 4.95. The first-order valence-electron chi connectivity index (χ1n) is 5.34. The minimum Gasteiger partial charge on any atom is -0.465 e. The Hall–Kier alpha value is -0.960. The SMILES string of the molecule is CCOC(=O)C(C)(C)c1ccc(SC)cc1. The number of carbonyl (C=O) groups is 1. The molecule has 0 spiro atoms. The molecule has 1 rings (SSSR count). The van der Waals surface area contributed by atoms with E-state index in [0.29, 0.717) is 6.61 Å². The summed E-state index contributed by atoms with van der Waals surface area (Å²) in [6, 6.07) is 8.04. The van der Waals surface area contributed by atoms with Gasteiger partial charge < -0.3 is 4.74 Å². The molecule has 1 aromatic carbocycles. The van der Waals surface area contributed by atoms with E-state index in [9.17, 15) is 4.79 Å². The summed E-state index contributed by atoms with van der Waals surface area (Å²) in [5.41, 5.74) is 0.413. The standard InChI is InChI=1S/C13H18O2S/c1-5-15-12(14)13(2,3)10-6-8-11(16-4)9-7-10/h6-9H,5H2,1-4H3. The Morgan fingerprint density at radius 2 is 1.88 bits per heavy atom. The summed E-state index contributed by atoms with van der Waals surface area (Å²) >= 11 is 1.69. The van der Waals surface area contributed by atoms with E-state index < -0.39 is 5.41 Å². The largest absolute Gasteiger partial charge is 0.465 e. The zero-order valence-corrected chi connectivity index (χ0v) is 11.1. The third-order valence-corrected chi connectivity index (χ3v) is 3.34. The Morgan fingerprint density at radius 1 is 1.31 bits per heavy atom. The molecule has 0 unspecified atom stereocenters. The number of hydrogen-bond acceptors (Lipinski definition) is 3. The summed E-state index contributed by atoms with van der Waals surface area (Å²) in [6.07, 6.45) is 2.03. The Kier molecular flexibility index (Phi) is 4.42. The van der Waals surface area contributed by atoms with Crippen LogP contribution in [0, 0.1) is 0 Å². The van der Waals surface area contributed by atoms with E-state index in [-0.39, 0.29) is 5.97 Å². The lowest BCUT2D eigenvalue weighted by atomic mass is 9.85.